The third-order valence-corrected chi connectivity index (χ3v) is 4.53. The Morgan fingerprint density at radius 3 is 2.52 bits per heavy atom. The number of hydrogen-bond acceptors (Lipinski definition) is 1. The number of rotatable bonds is 2. The van der Waals surface area contributed by atoms with Gasteiger partial charge >= 0.3 is 0 Å². The van der Waals surface area contributed by atoms with Crippen molar-refractivity contribution in [2.24, 2.45) is 0 Å². The molecule has 0 N–H and O–H groups in total. The fourth-order valence-electron chi connectivity index (χ4n) is 2.97. The van der Waals surface area contributed by atoms with Crippen LogP contribution in [0.1, 0.15) is 50.3 Å². The summed E-state index contributed by atoms with van der Waals surface area (Å²) in [5, 5.41) is 4.80. The highest BCUT2D eigenvalue weighted by atomic mass is 35.5. The molecule has 0 fully saturated rings. The number of aromatic nitrogens is 2. The maximum Gasteiger partial charge on any atom is 0.0967 e. The lowest BCUT2D eigenvalue weighted by molar-refractivity contribution is 0.356. The normalized spacial score (nSPS) is 15.0. The Bertz CT molecular complexity index is 650. The highest BCUT2D eigenvalue weighted by molar-refractivity contribution is 6.17. The van der Waals surface area contributed by atoms with Crippen molar-refractivity contribution < 1.29 is 0 Å². The fourth-order valence-corrected chi connectivity index (χ4v) is 3.17. The van der Waals surface area contributed by atoms with E-state index in [-0.39, 0.29) is 5.54 Å². The average Bonchev–Trinajstić information content (AvgIpc) is 2.91. The molecule has 2 nitrogen and oxygen atoms in total. The lowest BCUT2D eigenvalue weighted by atomic mass is 9.89. The van der Waals surface area contributed by atoms with Gasteiger partial charge in [0.1, 0.15) is 0 Å². The van der Waals surface area contributed by atoms with Crippen molar-refractivity contribution in [3.05, 3.63) is 41.1 Å². The SMILES string of the molecule is CC(C)(C)n1cc(CCl)c(-c2ccc3c(c2)CCCC3)n1. The Balaban J connectivity index is 2.05. The molecule has 3 heteroatoms. The molecule has 0 saturated carbocycles. The molecular weight excluding hydrogens is 280 g/mol. The number of aryl methyl sites for hydroxylation is 2. The predicted molar refractivity (Wildman–Crippen MR) is 88.9 cm³/mol. The molecule has 0 spiro atoms. The zero-order valence-corrected chi connectivity index (χ0v) is 13.9. The summed E-state index contributed by atoms with van der Waals surface area (Å²) in [6.07, 6.45) is 7.11. The van der Waals surface area contributed by atoms with Gasteiger partial charge in [0, 0.05) is 17.3 Å². The molecule has 1 aromatic heterocycles. The van der Waals surface area contributed by atoms with Crippen LogP contribution in [0.4, 0.5) is 0 Å². The second kappa shape index (κ2) is 5.49. The van der Waals surface area contributed by atoms with E-state index in [2.05, 4.69) is 45.2 Å². The summed E-state index contributed by atoms with van der Waals surface area (Å²) in [5.74, 6) is 0.502. The van der Waals surface area contributed by atoms with Crippen LogP contribution in [0.25, 0.3) is 11.3 Å². The molecule has 0 aliphatic heterocycles. The summed E-state index contributed by atoms with van der Waals surface area (Å²) in [6, 6.07) is 6.80. The van der Waals surface area contributed by atoms with Crippen LogP contribution in [0.5, 0.6) is 0 Å². The van der Waals surface area contributed by atoms with E-state index < -0.39 is 0 Å². The van der Waals surface area contributed by atoms with E-state index in [1.807, 2.05) is 4.68 Å². The van der Waals surface area contributed by atoms with Crippen molar-refractivity contribution in [2.45, 2.75) is 57.9 Å². The molecular formula is C18H23ClN2. The van der Waals surface area contributed by atoms with E-state index in [1.165, 1.54) is 42.4 Å². The predicted octanol–water partition coefficient (Wildman–Crippen LogP) is 4.92. The maximum atomic E-state index is 6.14. The Morgan fingerprint density at radius 1 is 1.14 bits per heavy atom. The second-order valence-electron chi connectivity index (χ2n) is 6.94. The number of fused-ring (bicyclic) bond motifs is 1. The van der Waals surface area contributed by atoms with Gasteiger partial charge in [0.2, 0.25) is 0 Å². The van der Waals surface area contributed by atoms with Gasteiger partial charge in [-0.3, -0.25) is 4.68 Å². The van der Waals surface area contributed by atoms with Gasteiger partial charge in [0.05, 0.1) is 17.1 Å². The van der Waals surface area contributed by atoms with Gasteiger partial charge in [-0.05, 0) is 63.6 Å². The van der Waals surface area contributed by atoms with Crippen LogP contribution in [-0.2, 0) is 24.3 Å². The van der Waals surface area contributed by atoms with Crippen LogP contribution in [-0.4, -0.2) is 9.78 Å². The second-order valence-corrected chi connectivity index (χ2v) is 7.21. The van der Waals surface area contributed by atoms with Gasteiger partial charge in [-0.25, -0.2) is 0 Å². The van der Waals surface area contributed by atoms with E-state index >= 15 is 0 Å². The third-order valence-electron chi connectivity index (χ3n) is 4.24. The minimum atomic E-state index is -0.0206. The van der Waals surface area contributed by atoms with Crippen molar-refractivity contribution in [1.29, 1.82) is 0 Å². The highest BCUT2D eigenvalue weighted by Crippen LogP contribution is 2.30. The van der Waals surface area contributed by atoms with Crippen molar-refractivity contribution in [3.8, 4) is 11.3 Å². The summed E-state index contributed by atoms with van der Waals surface area (Å²) >= 11 is 6.14. The fraction of sp³-hybridized carbons (Fsp3) is 0.500. The first-order chi connectivity index (χ1) is 9.99. The Morgan fingerprint density at radius 2 is 1.86 bits per heavy atom. The lowest BCUT2D eigenvalue weighted by Gasteiger charge is -2.19. The third kappa shape index (κ3) is 2.87. The Kier molecular flexibility index (Phi) is 3.83. The Labute approximate surface area is 132 Å². The van der Waals surface area contributed by atoms with E-state index in [0.29, 0.717) is 5.88 Å². The highest BCUT2D eigenvalue weighted by Gasteiger charge is 2.19. The summed E-state index contributed by atoms with van der Waals surface area (Å²) in [7, 11) is 0. The van der Waals surface area contributed by atoms with Gasteiger partial charge in [0.25, 0.3) is 0 Å². The van der Waals surface area contributed by atoms with E-state index in [1.54, 1.807) is 0 Å². The first-order valence-corrected chi connectivity index (χ1v) is 8.29. The summed E-state index contributed by atoms with van der Waals surface area (Å²) in [4.78, 5) is 0. The Hall–Kier alpha value is -1.28. The van der Waals surface area contributed by atoms with Crippen molar-refractivity contribution >= 4 is 11.6 Å². The summed E-state index contributed by atoms with van der Waals surface area (Å²) in [6.45, 7) is 6.48. The molecule has 2 aromatic rings. The smallest absolute Gasteiger partial charge is 0.0967 e. The van der Waals surface area contributed by atoms with E-state index in [4.69, 9.17) is 16.7 Å². The molecule has 1 aliphatic carbocycles. The van der Waals surface area contributed by atoms with Crippen molar-refractivity contribution in [1.82, 2.24) is 9.78 Å². The van der Waals surface area contributed by atoms with Gasteiger partial charge in [-0.15, -0.1) is 11.6 Å². The molecule has 0 radical (unpaired) electrons. The molecule has 0 saturated heterocycles. The van der Waals surface area contributed by atoms with Crippen LogP contribution in [0.2, 0.25) is 0 Å². The van der Waals surface area contributed by atoms with Crippen LogP contribution in [0.3, 0.4) is 0 Å². The molecule has 1 heterocycles. The quantitative estimate of drug-likeness (QED) is 0.720. The number of hydrogen-bond donors (Lipinski definition) is 0. The van der Waals surface area contributed by atoms with Gasteiger partial charge in [-0.1, -0.05) is 12.1 Å². The molecule has 1 aliphatic rings. The first-order valence-electron chi connectivity index (χ1n) is 7.76. The minimum absolute atomic E-state index is 0.0206. The molecule has 3 rings (SSSR count). The molecule has 0 bridgehead atoms. The van der Waals surface area contributed by atoms with E-state index in [0.717, 1.165) is 11.3 Å². The molecule has 112 valence electrons. The van der Waals surface area contributed by atoms with Gasteiger partial charge in [0.15, 0.2) is 0 Å². The molecule has 21 heavy (non-hydrogen) atoms. The number of benzene rings is 1. The molecule has 0 atom stereocenters. The standard InChI is InChI=1S/C18H23ClN2/c1-18(2,3)21-12-16(11-19)17(20-21)15-9-8-13-6-4-5-7-14(13)10-15/h8-10,12H,4-7,11H2,1-3H3. The maximum absolute atomic E-state index is 6.14. The minimum Gasteiger partial charge on any atom is -0.267 e. The molecule has 1 aromatic carbocycles. The zero-order chi connectivity index (χ0) is 15.0. The van der Waals surface area contributed by atoms with Gasteiger partial charge < -0.3 is 0 Å². The largest absolute Gasteiger partial charge is 0.267 e. The van der Waals surface area contributed by atoms with Crippen LogP contribution in [0.15, 0.2) is 24.4 Å². The number of halogens is 1. The molecule has 0 amide bonds. The van der Waals surface area contributed by atoms with Crippen LogP contribution >= 0.6 is 11.6 Å². The number of nitrogens with zero attached hydrogens (tertiary/aromatic N) is 2. The van der Waals surface area contributed by atoms with Crippen molar-refractivity contribution in [2.75, 3.05) is 0 Å². The lowest BCUT2D eigenvalue weighted by Crippen LogP contribution is -2.22. The number of alkyl halides is 1. The van der Waals surface area contributed by atoms with E-state index in [9.17, 15) is 0 Å². The average molecular weight is 303 g/mol. The topological polar surface area (TPSA) is 17.8 Å². The van der Waals surface area contributed by atoms with Crippen LogP contribution < -0.4 is 0 Å². The molecule has 0 unspecified atom stereocenters. The van der Waals surface area contributed by atoms with Crippen molar-refractivity contribution in [3.63, 3.8) is 0 Å². The summed E-state index contributed by atoms with van der Waals surface area (Å²) < 4.78 is 2.03. The van der Waals surface area contributed by atoms with Gasteiger partial charge in [-0.2, -0.15) is 5.10 Å². The zero-order valence-electron chi connectivity index (χ0n) is 13.1. The monoisotopic (exact) mass is 302 g/mol. The van der Waals surface area contributed by atoms with Crippen LogP contribution in [0, 0.1) is 0 Å². The first kappa shape index (κ1) is 14.6. The summed E-state index contributed by atoms with van der Waals surface area (Å²) in [5.41, 5.74) is 6.33.